The minimum absolute atomic E-state index is 0.130. The van der Waals surface area contributed by atoms with E-state index in [0.29, 0.717) is 16.7 Å². The Kier molecular flexibility index (Phi) is 6.67. The van der Waals surface area contributed by atoms with Gasteiger partial charge in [-0.2, -0.15) is 8.42 Å². The summed E-state index contributed by atoms with van der Waals surface area (Å²) in [6, 6.07) is 0. The zero-order valence-electron chi connectivity index (χ0n) is 22.1. The van der Waals surface area contributed by atoms with Gasteiger partial charge in [0.2, 0.25) is 0 Å². The molecular weight excluding hydrogens is 440 g/mol. The summed E-state index contributed by atoms with van der Waals surface area (Å²) in [7, 11) is -4.09. The minimum Gasteiger partial charge on any atom is -0.282 e. The van der Waals surface area contributed by atoms with Gasteiger partial charge in [-0.25, -0.2) is 0 Å². The quantitative estimate of drug-likeness (QED) is 0.397. The maximum absolute atomic E-state index is 11.7. The summed E-state index contributed by atoms with van der Waals surface area (Å²) in [4.78, 5) is 0.130. The molecule has 0 heterocycles. The van der Waals surface area contributed by atoms with Crippen molar-refractivity contribution in [2.45, 2.75) is 111 Å². The van der Waals surface area contributed by atoms with Crippen molar-refractivity contribution >= 4 is 10.1 Å². The van der Waals surface area contributed by atoms with Gasteiger partial charge in [0.25, 0.3) is 10.1 Å². The third-order valence-electron chi connectivity index (χ3n) is 12.1. The summed E-state index contributed by atoms with van der Waals surface area (Å²) in [6.45, 7) is 10.2. The maximum atomic E-state index is 11.7. The van der Waals surface area contributed by atoms with Crippen LogP contribution in [0, 0.1) is 52.3 Å². The fourth-order valence-corrected chi connectivity index (χ4v) is 11.1. The molecule has 0 saturated heterocycles. The van der Waals surface area contributed by atoms with Crippen molar-refractivity contribution in [1.82, 2.24) is 0 Å². The lowest BCUT2D eigenvalue weighted by Gasteiger charge is -2.61. The molecule has 0 aromatic rings. The van der Waals surface area contributed by atoms with Crippen LogP contribution in [-0.2, 0) is 10.1 Å². The van der Waals surface area contributed by atoms with Crippen molar-refractivity contribution in [2.75, 3.05) is 0 Å². The molecule has 5 aliphatic rings. The smallest absolute Gasteiger partial charge is 0.282 e. The average molecular weight is 489 g/mol. The molecule has 34 heavy (non-hydrogen) atoms. The first-order valence-electron chi connectivity index (χ1n) is 14.5. The molecule has 3 nitrogen and oxygen atoms in total. The van der Waals surface area contributed by atoms with Gasteiger partial charge in [0.05, 0.1) is 4.91 Å². The normalized spacial score (nSPS) is 45.4. The van der Waals surface area contributed by atoms with Gasteiger partial charge in [-0.1, -0.05) is 52.2 Å². The second-order valence-corrected chi connectivity index (χ2v) is 14.9. The molecule has 5 rings (SSSR count). The first-order valence-corrected chi connectivity index (χ1v) is 15.9. The number of allylic oxidation sites excluding steroid dienone is 3. The van der Waals surface area contributed by atoms with Crippen LogP contribution in [0.2, 0.25) is 0 Å². The van der Waals surface area contributed by atoms with Crippen molar-refractivity contribution < 1.29 is 13.0 Å². The monoisotopic (exact) mass is 488 g/mol. The molecule has 9 atom stereocenters. The predicted molar refractivity (Wildman–Crippen MR) is 140 cm³/mol. The van der Waals surface area contributed by atoms with Crippen LogP contribution in [0.3, 0.4) is 0 Å². The van der Waals surface area contributed by atoms with Crippen molar-refractivity contribution in [3.63, 3.8) is 0 Å². The summed E-state index contributed by atoms with van der Waals surface area (Å²) >= 11 is 0. The van der Waals surface area contributed by atoms with Gasteiger partial charge in [-0.15, -0.1) is 0 Å². The Hall–Kier alpha value is -0.610. The van der Waals surface area contributed by atoms with E-state index in [2.05, 4.69) is 27.7 Å². The molecule has 5 unspecified atom stereocenters. The fourth-order valence-electron chi connectivity index (χ4n) is 10.4. The van der Waals surface area contributed by atoms with E-state index in [1.54, 1.807) is 12.2 Å². The number of hydrogen-bond acceptors (Lipinski definition) is 2. The number of fused-ring (bicyclic) bond motifs is 5. The highest BCUT2D eigenvalue weighted by molar-refractivity contribution is 7.90. The second kappa shape index (κ2) is 9.05. The topological polar surface area (TPSA) is 54.4 Å². The lowest BCUT2D eigenvalue weighted by Crippen LogP contribution is -2.53. The van der Waals surface area contributed by atoms with Gasteiger partial charge in [-0.05, 0) is 129 Å². The Labute approximate surface area is 209 Å². The van der Waals surface area contributed by atoms with Crippen LogP contribution >= 0.6 is 0 Å². The SMILES string of the molecule is CCC[C@@H](C)[C@H]1CCC2C3CCC4CC(C5=CC(S(=O)(=O)O)=CCC5)CC[C@]4(C)C3CC[C@@]21C. The van der Waals surface area contributed by atoms with E-state index < -0.39 is 10.1 Å². The standard InChI is InChI=1S/C30H48O3S/c1-5-7-20(2)26-12-13-27-25-11-10-23-18-22(21-8-6-9-24(19-21)34(31,32)33)14-16-29(23,3)28(25)15-17-30(26,27)4/h9,19-20,22-23,25-28H,5-8,10-18H2,1-4H3,(H,31,32,33)/t20-,22?,23?,25?,26-,27?,28?,29+,30-/m1/s1. The Morgan fingerprint density at radius 2 is 1.76 bits per heavy atom. The predicted octanol–water partition coefficient (Wildman–Crippen LogP) is 8.19. The Morgan fingerprint density at radius 3 is 2.50 bits per heavy atom. The maximum Gasteiger partial charge on any atom is 0.294 e. The van der Waals surface area contributed by atoms with Gasteiger partial charge >= 0.3 is 0 Å². The third-order valence-corrected chi connectivity index (χ3v) is 13.0. The molecule has 0 bridgehead atoms. The van der Waals surface area contributed by atoms with E-state index in [0.717, 1.165) is 48.3 Å². The molecule has 4 saturated carbocycles. The van der Waals surface area contributed by atoms with Crippen LogP contribution in [0.15, 0.2) is 22.6 Å². The van der Waals surface area contributed by atoms with Crippen molar-refractivity contribution in [3.8, 4) is 0 Å². The highest BCUT2D eigenvalue weighted by atomic mass is 32.2. The third kappa shape index (κ3) is 4.07. The van der Waals surface area contributed by atoms with Crippen LogP contribution in [0.5, 0.6) is 0 Å². The number of rotatable bonds is 5. The molecule has 0 amide bonds. The summed E-state index contributed by atoms with van der Waals surface area (Å²) in [6.07, 6.45) is 20.2. The molecule has 0 aromatic heterocycles. The fraction of sp³-hybridized carbons (Fsp3) is 0.867. The van der Waals surface area contributed by atoms with Crippen LogP contribution in [0.4, 0.5) is 0 Å². The van der Waals surface area contributed by atoms with Crippen molar-refractivity contribution in [2.24, 2.45) is 52.3 Å². The molecule has 4 fully saturated rings. The van der Waals surface area contributed by atoms with E-state index in [1.165, 1.54) is 76.2 Å². The highest BCUT2D eigenvalue weighted by Gasteiger charge is 2.60. The average Bonchev–Trinajstić information content (AvgIpc) is 3.15. The molecular formula is C30H48O3S. The Bertz CT molecular complexity index is 948. The first-order chi connectivity index (χ1) is 16.1. The van der Waals surface area contributed by atoms with Crippen LogP contribution in [0.25, 0.3) is 0 Å². The van der Waals surface area contributed by atoms with E-state index in [4.69, 9.17) is 0 Å². The molecule has 0 radical (unpaired) electrons. The molecule has 0 aromatic carbocycles. The summed E-state index contributed by atoms with van der Waals surface area (Å²) in [5, 5.41) is 0. The van der Waals surface area contributed by atoms with Gasteiger partial charge in [0.15, 0.2) is 0 Å². The number of hydrogen-bond donors (Lipinski definition) is 1. The zero-order valence-corrected chi connectivity index (χ0v) is 22.9. The first kappa shape index (κ1) is 25.1. The molecule has 4 heteroatoms. The molecule has 192 valence electrons. The molecule has 5 aliphatic carbocycles. The summed E-state index contributed by atoms with van der Waals surface area (Å²) < 4.78 is 33.0. The van der Waals surface area contributed by atoms with Crippen LogP contribution in [-0.4, -0.2) is 13.0 Å². The van der Waals surface area contributed by atoms with E-state index in [9.17, 15) is 13.0 Å². The van der Waals surface area contributed by atoms with Crippen LogP contribution in [0.1, 0.15) is 111 Å². The lowest BCUT2D eigenvalue weighted by molar-refractivity contribution is -0.119. The largest absolute Gasteiger partial charge is 0.294 e. The lowest BCUT2D eigenvalue weighted by atomic mass is 9.43. The molecule has 1 N–H and O–H groups in total. The van der Waals surface area contributed by atoms with E-state index >= 15 is 0 Å². The zero-order chi connectivity index (χ0) is 24.3. The second-order valence-electron chi connectivity index (χ2n) is 13.5. The van der Waals surface area contributed by atoms with E-state index in [-0.39, 0.29) is 4.91 Å². The van der Waals surface area contributed by atoms with Gasteiger partial charge in [0, 0.05) is 0 Å². The minimum atomic E-state index is -4.09. The van der Waals surface area contributed by atoms with Gasteiger partial charge in [-0.3, -0.25) is 4.55 Å². The molecule has 0 spiro atoms. The van der Waals surface area contributed by atoms with Gasteiger partial charge in [0.1, 0.15) is 0 Å². The van der Waals surface area contributed by atoms with Crippen molar-refractivity contribution in [3.05, 3.63) is 22.6 Å². The van der Waals surface area contributed by atoms with Gasteiger partial charge < -0.3 is 0 Å². The van der Waals surface area contributed by atoms with E-state index in [1.807, 2.05) is 0 Å². The molecule has 0 aliphatic heterocycles. The summed E-state index contributed by atoms with van der Waals surface area (Å²) in [5.41, 5.74) is 2.31. The summed E-state index contributed by atoms with van der Waals surface area (Å²) in [5.74, 6) is 5.84. The van der Waals surface area contributed by atoms with Crippen molar-refractivity contribution in [1.29, 1.82) is 0 Å². The Morgan fingerprint density at radius 1 is 1.03 bits per heavy atom. The van der Waals surface area contributed by atoms with Crippen LogP contribution < -0.4 is 0 Å². The highest BCUT2D eigenvalue weighted by Crippen LogP contribution is 2.69. The Balaban J connectivity index is 1.31.